The largest absolute Gasteiger partial charge is 0.381 e. The molecule has 1 atom stereocenters. The van der Waals surface area contributed by atoms with Crippen LogP contribution < -0.4 is 0 Å². The van der Waals surface area contributed by atoms with Crippen LogP contribution in [-0.2, 0) is 14.2 Å². The van der Waals surface area contributed by atoms with Gasteiger partial charge in [0.25, 0.3) is 0 Å². The second-order valence-corrected chi connectivity index (χ2v) is 4.53. The molecule has 0 aromatic heterocycles. The van der Waals surface area contributed by atoms with Crippen molar-refractivity contribution in [2.75, 3.05) is 26.4 Å². The molecule has 1 unspecified atom stereocenters. The van der Waals surface area contributed by atoms with E-state index >= 15 is 0 Å². The minimum atomic E-state index is -0.0973. The van der Waals surface area contributed by atoms with Crippen molar-refractivity contribution in [1.29, 1.82) is 0 Å². The minimum Gasteiger partial charge on any atom is -0.381 e. The van der Waals surface area contributed by atoms with E-state index in [0.717, 1.165) is 45.7 Å². The van der Waals surface area contributed by atoms with E-state index in [0.29, 0.717) is 0 Å². The van der Waals surface area contributed by atoms with Gasteiger partial charge in [-0.1, -0.05) is 20.8 Å². The summed E-state index contributed by atoms with van der Waals surface area (Å²) in [5, 5.41) is 0. The smallest absolute Gasteiger partial charge is 0.165 e. The van der Waals surface area contributed by atoms with Gasteiger partial charge in [0.05, 0.1) is 6.61 Å². The minimum absolute atomic E-state index is 0.0460. The number of hydrogen-bond donors (Lipinski definition) is 0. The van der Waals surface area contributed by atoms with Gasteiger partial charge in [0.15, 0.2) is 6.29 Å². The van der Waals surface area contributed by atoms with E-state index in [1.165, 1.54) is 0 Å². The molecule has 1 aliphatic heterocycles. The molecule has 90 valence electrons. The predicted octanol–water partition coefficient (Wildman–Crippen LogP) is 2.59. The molecule has 1 aliphatic rings. The van der Waals surface area contributed by atoms with Gasteiger partial charge in [0, 0.05) is 25.2 Å². The number of hydrogen-bond acceptors (Lipinski definition) is 3. The number of ether oxygens (including phenoxy) is 3. The van der Waals surface area contributed by atoms with Gasteiger partial charge in [-0.2, -0.15) is 0 Å². The summed E-state index contributed by atoms with van der Waals surface area (Å²) in [7, 11) is 0. The molecule has 1 saturated heterocycles. The highest BCUT2D eigenvalue weighted by molar-refractivity contribution is 4.82. The molecule has 3 heteroatoms. The van der Waals surface area contributed by atoms with Crippen molar-refractivity contribution in [3.63, 3.8) is 0 Å². The van der Waals surface area contributed by atoms with Crippen molar-refractivity contribution in [3.05, 3.63) is 0 Å². The van der Waals surface area contributed by atoms with Gasteiger partial charge < -0.3 is 14.2 Å². The first kappa shape index (κ1) is 12.9. The predicted molar refractivity (Wildman–Crippen MR) is 59.8 cm³/mol. The first-order valence-electron chi connectivity index (χ1n) is 6.04. The summed E-state index contributed by atoms with van der Waals surface area (Å²) in [4.78, 5) is 0. The van der Waals surface area contributed by atoms with Crippen molar-refractivity contribution in [2.45, 2.75) is 46.3 Å². The summed E-state index contributed by atoms with van der Waals surface area (Å²) in [6.45, 7) is 9.54. The first-order valence-corrected chi connectivity index (χ1v) is 6.04. The second-order valence-electron chi connectivity index (χ2n) is 4.53. The van der Waals surface area contributed by atoms with Crippen molar-refractivity contribution in [1.82, 2.24) is 0 Å². The van der Waals surface area contributed by atoms with Gasteiger partial charge in [0.2, 0.25) is 0 Å². The fourth-order valence-corrected chi connectivity index (χ4v) is 1.77. The Kier molecular flexibility index (Phi) is 5.58. The topological polar surface area (TPSA) is 27.7 Å². The molecular formula is C12H24O3. The van der Waals surface area contributed by atoms with E-state index in [1.807, 2.05) is 0 Å². The van der Waals surface area contributed by atoms with Crippen LogP contribution in [0.4, 0.5) is 0 Å². The summed E-state index contributed by atoms with van der Waals surface area (Å²) >= 11 is 0. The summed E-state index contributed by atoms with van der Waals surface area (Å²) < 4.78 is 17.0. The SMILES string of the molecule is CCCOC(OCCC)C1(C)CCOC1. The van der Waals surface area contributed by atoms with Crippen LogP contribution in [0.5, 0.6) is 0 Å². The zero-order valence-corrected chi connectivity index (χ0v) is 10.3. The lowest BCUT2D eigenvalue weighted by Crippen LogP contribution is -2.38. The zero-order chi connectivity index (χ0) is 11.1. The van der Waals surface area contributed by atoms with E-state index in [2.05, 4.69) is 20.8 Å². The Morgan fingerprint density at radius 3 is 2.20 bits per heavy atom. The van der Waals surface area contributed by atoms with Crippen LogP contribution in [0.25, 0.3) is 0 Å². The maximum Gasteiger partial charge on any atom is 0.165 e. The Balaban J connectivity index is 2.45. The average molecular weight is 216 g/mol. The van der Waals surface area contributed by atoms with Crippen LogP contribution in [0.2, 0.25) is 0 Å². The zero-order valence-electron chi connectivity index (χ0n) is 10.3. The standard InChI is InChI=1S/C12H24O3/c1-4-7-14-11(15-8-5-2)12(3)6-9-13-10-12/h11H,4-10H2,1-3H3. The molecule has 3 nitrogen and oxygen atoms in total. The van der Waals surface area contributed by atoms with E-state index in [9.17, 15) is 0 Å². The van der Waals surface area contributed by atoms with E-state index in [1.54, 1.807) is 0 Å². The molecule has 0 aliphatic carbocycles. The molecule has 0 saturated carbocycles. The fourth-order valence-electron chi connectivity index (χ4n) is 1.77. The maximum absolute atomic E-state index is 5.78. The molecule has 0 bridgehead atoms. The molecule has 0 aromatic rings. The van der Waals surface area contributed by atoms with Crippen molar-refractivity contribution >= 4 is 0 Å². The molecule has 0 spiro atoms. The van der Waals surface area contributed by atoms with Crippen molar-refractivity contribution < 1.29 is 14.2 Å². The third-order valence-corrected chi connectivity index (χ3v) is 2.77. The van der Waals surface area contributed by atoms with Crippen LogP contribution in [-0.4, -0.2) is 32.7 Å². The molecule has 1 rings (SSSR count). The van der Waals surface area contributed by atoms with Crippen LogP contribution in [0.15, 0.2) is 0 Å². The average Bonchev–Trinajstić information content (AvgIpc) is 2.66. The van der Waals surface area contributed by atoms with Gasteiger partial charge in [-0.25, -0.2) is 0 Å². The normalized spacial score (nSPS) is 26.4. The Morgan fingerprint density at radius 2 is 1.80 bits per heavy atom. The van der Waals surface area contributed by atoms with E-state index in [4.69, 9.17) is 14.2 Å². The van der Waals surface area contributed by atoms with Crippen molar-refractivity contribution in [3.8, 4) is 0 Å². The van der Waals surface area contributed by atoms with Gasteiger partial charge in [-0.05, 0) is 19.3 Å². The first-order chi connectivity index (χ1) is 7.23. The highest BCUT2D eigenvalue weighted by Gasteiger charge is 2.39. The molecule has 0 aromatic carbocycles. The molecule has 1 fully saturated rings. The third-order valence-electron chi connectivity index (χ3n) is 2.77. The van der Waals surface area contributed by atoms with Gasteiger partial charge >= 0.3 is 0 Å². The Morgan fingerprint density at radius 1 is 1.20 bits per heavy atom. The molecule has 0 amide bonds. The Bertz CT molecular complexity index is 156. The lowest BCUT2D eigenvalue weighted by Gasteiger charge is -2.32. The van der Waals surface area contributed by atoms with Crippen LogP contribution in [0, 0.1) is 5.41 Å². The summed E-state index contributed by atoms with van der Waals surface area (Å²) in [5.74, 6) is 0. The van der Waals surface area contributed by atoms with E-state index in [-0.39, 0.29) is 11.7 Å². The lowest BCUT2D eigenvalue weighted by atomic mass is 9.89. The van der Waals surface area contributed by atoms with Crippen LogP contribution >= 0.6 is 0 Å². The highest BCUT2D eigenvalue weighted by Crippen LogP contribution is 2.34. The summed E-state index contributed by atoms with van der Waals surface area (Å²) in [6, 6.07) is 0. The fraction of sp³-hybridized carbons (Fsp3) is 1.00. The van der Waals surface area contributed by atoms with E-state index < -0.39 is 0 Å². The number of rotatable bonds is 7. The summed E-state index contributed by atoms with van der Waals surface area (Å²) in [6.07, 6.45) is 3.00. The Hall–Kier alpha value is -0.120. The molecule has 15 heavy (non-hydrogen) atoms. The molecular weight excluding hydrogens is 192 g/mol. The van der Waals surface area contributed by atoms with Gasteiger partial charge in [0.1, 0.15) is 0 Å². The van der Waals surface area contributed by atoms with Crippen LogP contribution in [0.1, 0.15) is 40.0 Å². The summed E-state index contributed by atoms with van der Waals surface area (Å²) in [5.41, 5.74) is 0.0460. The highest BCUT2D eigenvalue weighted by atomic mass is 16.7. The second kappa shape index (κ2) is 6.46. The van der Waals surface area contributed by atoms with Crippen molar-refractivity contribution in [2.24, 2.45) is 5.41 Å². The van der Waals surface area contributed by atoms with Crippen LogP contribution in [0.3, 0.4) is 0 Å². The van der Waals surface area contributed by atoms with Gasteiger partial charge in [-0.3, -0.25) is 0 Å². The Labute approximate surface area is 93.1 Å². The van der Waals surface area contributed by atoms with Gasteiger partial charge in [-0.15, -0.1) is 0 Å². The monoisotopic (exact) mass is 216 g/mol. The maximum atomic E-state index is 5.78. The third kappa shape index (κ3) is 3.74. The molecule has 0 radical (unpaired) electrons. The molecule has 0 N–H and O–H groups in total. The lowest BCUT2D eigenvalue weighted by molar-refractivity contribution is -0.202. The molecule has 1 heterocycles. The quantitative estimate of drug-likeness (QED) is 0.612.